The topological polar surface area (TPSA) is 74.8 Å². The lowest BCUT2D eigenvalue weighted by Crippen LogP contribution is -2.23. The molecule has 23 heavy (non-hydrogen) atoms. The number of aromatic amines is 1. The molecule has 0 aliphatic heterocycles. The average molecular weight is 349 g/mol. The van der Waals surface area contributed by atoms with Crippen LogP contribution in [0.4, 0.5) is 10.1 Å². The number of hydrogen-bond donors (Lipinski definition) is 2. The molecular formula is C15H12FN3O2S2. The van der Waals surface area contributed by atoms with Crippen LogP contribution in [0.15, 0.2) is 45.7 Å². The van der Waals surface area contributed by atoms with Crippen molar-refractivity contribution >= 4 is 44.9 Å². The molecule has 0 aliphatic rings. The summed E-state index contributed by atoms with van der Waals surface area (Å²) in [5, 5.41) is 4.96. The maximum absolute atomic E-state index is 12.9. The number of halogens is 1. The zero-order valence-corrected chi connectivity index (χ0v) is 13.6. The van der Waals surface area contributed by atoms with Crippen LogP contribution in [-0.2, 0) is 4.79 Å². The number of amides is 1. The van der Waals surface area contributed by atoms with E-state index in [-0.39, 0.29) is 17.3 Å². The van der Waals surface area contributed by atoms with Crippen LogP contribution in [0.25, 0.3) is 10.2 Å². The number of rotatable bonds is 4. The van der Waals surface area contributed by atoms with Gasteiger partial charge in [0.15, 0.2) is 5.16 Å². The van der Waals surface area contributed by atoms with E-state index in [1.54, 1.807) is 18.4 Å². The molecule has 0 spiro atoms. The summed E-state index contributed by atoms with van der Waals surface area (Å²) in [4.78, 5) is 31.7. The molecular weight excluding hydrogens is 337 g/mol. The lowest BCUT2D eigenvalue weighted by atomic mass is 10.3. The largest absolute Gasteiger partial charge is 0.325 e. The van der Waals surface area contributed by atoms with E-state index in [2.05, 4.69) is 15.3 Å². The van der Waals surface area contributed by atoms with Crippen LogP contribution >= 0.6 is 23.1 Å². The summed E-state index contributed by atoms with van der Waals surface area (Å²) in [5.74, 6) is -0.619. The molecule has 5 nitrogen and oxygen atoms in total. The summed E-state index contributed by atoms with van der Waals surface area (Å²) in [6.45, 7) is 1.71. The predicted molar refractivity (Wildman–Crippen MR) is 90.6 cm³/mol. The van der Waals surface area contributed by atoms with Crippen molar-refractivity contribution in [3.63, 3.8) is 0 Å². The van der Waals surface area contributed by atoms with Gasteiger partial charge < -0.3 is 10.3 Å². The molecule has 118 valence electrons. The summed E-state index contributed by atoms with van der Waals surface area (Å²) in [6, 6.07) is 7.24. The third-order valence-corrected chi connectivity index (χ3v) is 4.87. The molecule has 0 unspecified atom stereocenters. The van der Waals surface area contributed by atoms with Gasteiger partial charge in [-0.3, -0.25) is 9.59 Å². The van der Waals surface area contributed by atoms with Gasteiger partial charge in [-0.1, -0.05) is 11.8 Å². The lowest BCUT2D eigenvalue weighted by Gasteiger charge is -2.11. The zero-order chi connectivity index (χ0) is 16.4. The third kappa shape index (κ3) is 3.59. The fraction of sp³-hybridized carbons (Fsp3) is 0.133. The minimum absolute atomic E-state index is 0.218. The molecule has 0 saturated heterocycles. The Kier molecular flexibility index (Phi) is 4.44. The number of anilines is 1. The van der Waals surface area contributed by atoms with Crippen LogP contribution in [0, 0.1) is 5.82 Å². The minimum Gasteiger partial charge on any atom is -0.325 e. The van der Waals surface area contributed by atoms with Crippen LogP contribution in [0.1, 0.15) is 6.92 Å². The Bertz CT molecular complexity index is 905. The van der Waals surface area contributed by atoms with Gasteiger partial charge in [-0.15, -0.1) is 11.3 Å². The Labute approximate surface area is 139 Å². The highest BCUT2D eigenvalue weighted by Crippen LogP contribution is 2.23. The molecule has 1 aromatic carbocycles. The molecule has 0 fully saturated rings. The molecule has 8 heteroatoms. The van der Waals surface area contributed by atoms with Crippen LogP contribution in [-0.4, -0.2) is 21.1 Å². The average Bonchev–Trinajstić information content (AvgIpc) is 2.98. The number of thiophene rings is 1. The standard InChI is InChI=1S/C15H12FN3O2S2/c1-8(12(20)17-10-4-2-9(16)3-5-10)23-15-18-13(21)11-6-7-22-14(11)19-15/h2-8H,1H3,(H,17,20)(H,18,19,21)/t8-/m1/s1. The fourth-order valence-electron chi connectivity index (χ4n) is 1.90. The van der Waals surface area contributed by atoms with Gasteiger partial charge in [0, 0.05) is 5.69 Å². The van der Waals surface area contributed by atoms with Gasteiger partial charge in [-0.25, -0.2) is 9.37 Å². The first-order valence-corrected chi connectivity index (χ1v) is 8.49. The first kappa shape index (κ1) is 15.7. The molecule has 3 aromatic rings. The highest BCUT2D eigenvalue weighted by molar-refractivity contribution is 8.00. The molecule has 0 saturated carbocycles. The number of carbonyl (C=O) groups is 1. The Balaban J connectivity index is 1.71. The van der Waals surface area contributed by atoms with Crippen LogP contribution in [0.5, 0.6) is 0 Å². The van der Waals surface area contributed by atoms with Crippen molar-refractivity contribution in [1.29, 1.82) is 0 Å². The number of thioether (sulfide) groups is 1. The van der Waals surface area contributed by atoms with E-state index < -0.39 is 5.25 Å². The normalized spacial score (nSPS) is 12.3. The van der Waals surface area contributed by atoms with E-state index in [1.807, 2.05) is 0 Å². The number of fused-ring (bicyclic) bond motifs is 1. The molecule has 1 atom stereocenters. The predicted octanol–water partition coefficient (Wildman–Crippen LogP) is 3.24. The molecule has 2 N–H and O–H groups in total. The number of nitrogens with one attached hydrogen (secondary N) is 2. The highest BCUT2D eigenvalue weighted by Gasteiger charge is 2.17. The summed E-state index contributed by atoms with van der Waals surface area (Å²) in [7, 11) is 0. The first-order valence-electron chi connectivity index (χ1n) is 6.73. The minimum atomic E-state index is -0.472. The molecule has 0 radical (unpaired) electrons. The summed E-state index contributed by atoms with van der Waals surface area (Å²) in [6.07, 6.45) is 0. The molecule has 3 rings (SSSR count). The van der Waals surface area contributed by atoms with E-state index in [9.17, 15) is 14.0 Å². The number of nitrogens with zero attached hydrogens (tertiary/aromatic N) is 1. The SMILES string of the molecule is C[C@@H](Sc1nc2sccc2c(=O)[nH]1)C(=O)Nc1ccc(F)cc1. The van der Waals surface area contributed by atoms with Gasteiger partial charge in [0.2, 0.25) is 5.91 Å². The maximum atomic E-state index is 12.9. The summed E-state index contributed by atoms with van der Waals surface area (Å²) in [5.41, 5.74) is 0.295. The molecule has 0 aliphatic carbocycles. The third-order valence-electron chi connectivity index (χ3n) is 3.08. The number of hydrogen-bond acceptors (Lipinski definition) is 5. The van der Waals surface area contributed by atoms with Gasteiger partial charge in [-0.2, -0.15) is 0 Å². The Morgan fingerprint density at radius 2 is 2.09 bits per heavy atom. The second-order valence-corrected chi connectivity index (χ2v) is 6.99. The van der Waals surface area contributed by atoms with Crippen LogP contribution < -0.4 is 10.9 Å². The van der Waals surface area contributed by atoms with Gasteiger partial charge in [0.25, 0.3) is 5.56 Å². The second kappa shape index (κ2) is 6.51. The number of carbonyl (C=O) groups excluding carboxylic acids is 1. The van der Waals surface area contributed by atoms with Crippen molar-refractivity contribution < 1.29 is 9.18 Å². The van der Waals surface area contributed by atoms with Crippen molar-refractivity contribution in [2.75, 3.05) is 5.32 Å². The van der Waals surface area contributed by atoms with Crippen molar-refractivity contribution in [3.8, 4) is 0 Å². The van der Waals surface area contributed by atoms with E-state index in [1.165, 1.54) is 35.6 Å². The molecule has 2 aromatic heterocycles. The first-order chi connectivity index (χ1) is 11.0. The second-order valence-electron chi connectivity index (χ2n) is 4.77. The van der Waals surface area contributed by atoms with Gasteiger partial charge in [0.1, 0.15) is 10.6 Å². The van der Waals surface area contributed by atoms with Crippen LogP contribution in [0.3, 0.4) is 0 Å². The van der Waals surface area contributed by atoms with E-state index >= 15 is 0 Å². The van der Waals surface area contributed by atoms with Crippen molar-refractivity contribution in [2.24, 2.45) is 0 Å². The Morgan fingerprint density at radius 3 is 2.83 bits per heavy atom. The number of benzene rings is 1. The fourth-order valence-corrected chi connectivity index (χ4v) is 3.52. The molecule has 1 amide bonds. The summed E-state index contributed by atoms with van der Waals surface area (Å²) >= 11 is 2.53. The maximum Gasteiger partial charge on any atom is 0.260 e. The van der Waals surface area contributed by atoms with Gasteiger partial charge in [-0.05, 0) is 42.6 Å². The summed E-state index contributed by atoms with van der Waals surface area (Å²) < 4.78 is 12.9. The lowest BCUT2D eigenvalue weighted by molar-refractivity contribution is -0.115. The van der Waals surface area contributed by atoms with Gasteiger partial charge in [0.05, 0.1) is 10.6 Å². The van der Waals surface area contributed by atoms with E-state index in [0.717, 1.165) is 11.8 Å². The van der Waals surface area contributed by atoms with Gasteiger partial charge >= 0.3 is 0 Å². The molecule has 2 heterocycles. The monoisotopic (exact) mass is 349 g/mol. The molecule has 0 bridgehead atoms. The van der Waals surface area contributed by atoms with Crippen LogP contribution in [0.2, 0.25) is 0 Å². The highest BCUT2D eigenvalue weighted by atomic mass is 32.2. The Morgan fingerprint density at radius 1 is 1.35 bits per heavy atom. The smallest absolute Gasteiger partial charge is 0.260 e. The quantitative estimate of drug-likeness (QED) is 0.560. The van der Waals surface area contributed by atoms with Crippen molar-refractivity contribution in [2.45, 2.75) is 17.3 Å². The van der Waals surface area contributed by atoms with Crippen molar-refractivity contribution in [3.05, 3.63) is 51.9 Å². The van der Waals surface area contributed by atoms with E-state index in [4.69, 9.17) is 0 Å². The zero-order valence-electron chi connectivity index (χ0n) is 12.0. The number of H-pyrrole nitrogens is 1. The number of aromatic nitrogens is 2. The Hall–Kier alpha value is -2.19. The van der Waals surface area contributed by atoms with E-state index in [0.29, 0.717) is 21.1 Å². The van der Waals surface area contributed by atoms with Crippen molar-refractivity contribution in [1.82, 2.24) is 9.97 Å².